The first kappa shape index (κ1) is 16.1. The maximum atomic E-state index is 12.6. The normalized spacial score (nSPS) is 18.7. The molecule has 7 heteroatoms. The minimum atomic E-state index is -0.243. The lowest BCUT2D eigenvalue weighted by molar-refractivity contribution is -0.118. The van der Waals surface area contributed by atoms with Gasteiger partial charge < -0.3 is 9.88 Å². The minimum absolute atomic E-state index is 0.0164. The molecule has 3 rings (SSSR count). The topological polar surface area (TPSA) is 71.8 Å². The molecule has 0 spiro atoms. The molecule has 2 aromatic rings. The summed E-state index contributed by atoms with van der Waals surface area (Å²) in [5, 5.41) is 8.95. The summed E-state index contributed by atoms with van der Waals surface area (Å²) in [7, 11) is 0. The van der Waals surface area contributed by atoms with Crippen LogP contribution in [0.15, 0.2) is 24.0 Å². The predicted octanol–water partition coefficient (Wildman–Crippen LogP) is 2.82. The van der Waals surface area contributed by atoms with Crippen LogP contribution in [-0.4, -0.2) is 26.5 Å². The minimum Gasteiger partial charge on any atom is -0.334 e. The van der Waals surface area contributed by atoms with Crippen molar-refractivity contribution in [3.05, 3.63) is 29.8 Å². The van der Waals surface area contributed by atoms with Crippen LogP contribution in [0, 0.1) is 5.92 Å². The van der Waals surface area contributed by atoms with Crippen LogP contribution in [0.5, 0.6) is 0 Å². The van der Waals surface area contributed by atoms with E-state index in [0.29, 0.717) is 11.0 Å². The Kier molecular flexibility index (Phi) is 5.07. The van der Waals surface area contributed by atoms with Crippen LogP contribution in [0.25, 0.3) is 0 Å². The van der Waals surface area contributed by atoms with E-state index in [2.05, 4.69) is 39.0 Å². The molecule has 0 saturated heterocycles. The van der Waals surface area contributed by atoms with Crippen LogP contribution in [-0.2, 0) is 11.3 Å². The summed E-state index contributed by atoms with van der Waals surface area (Å²) >= 11 is 1.44. The summed E-state index contributed by atoms with van der Waals surface area (Å²) in [6.07, 6.45) is 8.44. The largest absolute Gasteiger partial charge is 0.334 e. The second-order valence-corrected chi connectivity index (χ2v) is 7.24. The fourth-order valence-corrected chi connectivity index (χ4v) is 3.55. The lowest BCUT2D eigenvalue weighted by atomic mass is 10.00. The standard InChI is InChI=1S/C16H23N5OS/c1-11(2)10-13(15(22)20-16-18-6-9-23-16)19-12-4-3-7-21-8-5-17-14(12)21/h5-6,8-9,11-13,19H,3-4,7,10H2,1-2H3,(H,18,20,22). The van der Waals surface area contributed by atoms with E-state index in [9.17, 15) is 4.79 Å². The predicted molar refractivity (Wildman–Crippen MR) is 91.3 cm³/mol. The lowest BCUT2D eigenvalue weighted by Crippen LogP contribution is -2.44. The Hall–Kier alpha value is -1.73. The molecule has 1 aliphatic heterocycles. The summed E-state index contributed by atoms with van der Waals surface area (Å²) < 4.78 is 2.17. The van der Waals surface area contributed by atoms with Gasteiger partial charge in [0.25, 0.3) is 0 Å². The van der Waals surface area contributed by atoms with Crippen LogP contribution < -0.4 is 10.6 Å². The van der Waals surface area contributed by atoms with Gasteiger partial charge in [0.15, 0.2) is 5.13 Å². The zero-order chi connectivity index (χ0) is 16.2. The highest BCUT2D eigenvalue weighted by molar-refractivity contribution is 7.13. The molecule has 2 unspecified atom stereocenters. The van der Waals surface area contributed by atoms with Gasteiger partial charge in [-0.3, -0.25) is 10.1 Å². The van der Waals surface area contributed by atoms with Crippen molar-refractivity contribution in [2.75, 3.05) is 5.32 Å². The Morgan fingerprint density at radius 2 is 2.30 bits per heavy atom. The quantitative estimate of drug-likeness (QED) is 0.853. The molecule has 1 amide bonds. The molecule has 0 bridgehead atoms. The fourth-order valence-electron chi connectivity index (χ4n) is 3.02. The highest BCUT2D eigenvalue weighted by atomic mass is 32.1. The second-order valence-electron chi connectivity index (χ2n) is 6.35. The summed E-state index contributed by atoms with van der Waals surface area (Å²) in [4.78, 5) is 21.2. The number of amides is 1. The Balaban J connectivity index is 1.71. The first-order valence-electron chi connectivity index (χ1n) is 8.11. The summed E-state index contributed by atoms with van der Waals surface area (Å²) in [5.41, 5.74) is 0. The molecule has 3 heterocycles. The van der Waals surface area contributed by atoms with Gasteiger partial charge in [-0.25, -0.2) is 9.97 Å². The molecule has 2 N–H and O–H groups in total. The Bertz CT molecular complexity index is 637. The van der Waals surface area contributed by atoms with Gasteiger partial charge in [-0.2, -0.15) is 0 Å². The zero-order valence-electron chi connectivity index (χ0n) is 13.5. The third-order valence-corrected chi connectivity index (χ3v) is 4.73. The SMILES string of the molecule is CC(C)CC(NC1CCCn2ccnc21)C(=O)Nc1nccs1. The first-order chi connectivity index (χ1) is 11.1. The smallest absolute Gasteiger partial charge is 0.243 e. The van der Waals surface area contributed by atoms with Crippen LogP contribution in [0.2, 0.25) is 0 Å². The van der Waals surface area contributed by atoms with Gasteiger partial charge in [0.05, 0.1) is 12.1 Å². The molecule has 0 radical (unpaired) electrons. The lowest BCUT2D eigenvalue weighted by Gasteiger charge is -2.29. The molecular formula is C16H23N5OS. The maximum absolute atomic E-state index is 12.6. The number of imidazole rings is 1. The van der Waals surface area contributed by atoms with Crippen molar-refractivity contribution < 1.29 is 4.79 Å². The number of fused-ring (bicyclic) bond motifs is 1. The number of hydrogen-bond acceptors (Lipinski definition) is 5. The van der Waals surface area contributed by atoms with Crippen LogP contribution in [0.3, 0.4) is 0 Å². The number of hydrogen-bond donors (Lipinski definition) is 2. The van der Waals surface area contributed by atoms with E-state index >= 15 is 0 Å². The molecule has 2 atom stereocenters. The highest BCUT2D eigenvalue weighted by Crippen LogP contribution is 2.25. The summed E-state index contributed by atoms with van der Waals surface area (Å²) in [6.45, 7) is 5.27. The number of aromatic nitrogens is 3. The molecule has 0 aromatic carbocycles. The van der Waals surface area contributed by atoms with Gasteiger partial charge in [0.2, 0.25) is 5.91 Å². The van der Waals surface area contributed by atoms with Crippen molar-refractivity contribution in [2.24, 2.45) is 5.92 Å². The average Bonchev–Trinajstić information content (AvgIpc) is 3.17. The first-order valence-corrected chi connectivity index (χ1v) is 8.99. The summed E-state index contributed by atoms with van der Waals surface area (Å²) in [6, 6.07) is -0.114. The van der Waals surface area contributed by atoms with Crippen LogP contribution >= 0.6 is 11.3 Å². The molecule has 0 aliphatic carbocycles. The second kappa shape index (κ2) is 7.23. The third kappa shape index (κ3) is 3.97. The molecule has 2 aromatic heterocycles. The number of nitrogens with zero attached hydrogens (tertiary/aromatic N) is 3. The van der Waals surface area contributed by atoms with Gasteiger partial charge in [-0.1, -0.05) is 13.8 Å². The number of carbonyl (C=O) groups is 1. The molecular weight excluding hydrogens is 310 g/mol. The maximum Gasteiger partial charge on any atom is 0.243 e. The van der Waals surface area contributed by atoms with Gasteiger partial charge in [0, 0.05) is 30.5 Å². The van der Waals surface area contributed by atoms with Gasteiger partial charge in [-0.05, 0) is 25.2 Å². The van der Waals surface area contributed by atoms with E-state index in [4.69, 9.17) is 0 Å². The van der Waals surface area contributed by atoms with Crippen molar-refractivity contribution in [1.82, 2.24) is 19.9 Å². The van der Waals surface area contributed by atoms with E-state index in [0.717, 1.165) is 31.6 Å². The van der Waals surface area contributed by atoms with Gasteiger partial charge in [-0.15, -0.1) is 11.3 Å². The Labute approximate surface area is 140 Å². The molecule has 0 fully saturated rings. The fraction of sp³-hybridized carbons (Fsp3) is 0.562. The average molecular weight is 333 g/mol. The third-order valence-electron chi connectivity index (χ3n) is 4.04. The molecule has 1 aliphatic rings. The molecule has 6 nitrogen and oxygen atoms in total. The number of thiazole rings is 1. The van der Waals surface area contributed by atoms with Crippen molar-refractivity contribution in [3.8, 4) is 0 Å². The van der Waals surface area contributed by atoms with E-state index in [-0.39, 0.29) is 18.0 Å². The van der Waals surface area contributed by atoms with E-state index in [1.165, 1.54) is 11.3 Å². The number of nitrogens with one attached hydrogen (secondary N) is 2. The van der Waals surface area contributed by atoms with Gasteiger partial charge in [0.1, 0.15) is 5.82 Å². The van der Waals surface area contributed by atoms with Crippen molar-refractivity contribution in [3.63, 3.8) is 0 Å². The molecule has 0 saturated carbocycles. The van der Waals surface area contributed by atoms with E-state index in [1.54, 1.807) is 6.20 Å². The van der Waals surface area contributed by atoms with Gasteiger partial charge >= 0.3 is 0 Å². The number of aryl methyl sites for hydroxylation is 1. The summed E-state index contributed by atoms with van der Waals surface area (Å²) in [5.74, 6) is 1.45. The Morgan fingerprint density at radius 1 is 1.43 bits per heavy atom. The number of carbonyl (C=O) groups excluding carboxylic acids is 1. The van der Waals surface area contributed by atoms with Crippen molar-refractivity contribution in [2.45, 2.75) is 51.7 Å². The van der Waals surface area contributed by atoms with Crippen molar-refractivity contribution >= 4 is 22.4 Å². The molecule has 23 heavy (non-hydrogen) atoms. The monoisotopic (exact) mass is 333 g/mol. The van der Waals surface area contributed by atoms with E-state index < -0.39 is 0 Å². The number of anilines is 1. The van der Waals surface area contributed by atoms with Crippen LogP contribution in [0.1, 0.15) is 45.0 Å². The molecule has 124 valence electrons. The number of rotatable bonds is 6. The van der Waals surface area contributed by atoms with Crippen molar-refractivity contribution in [1.29, 1.82) is 0 Å². The van der Waals surface area contributed by atoms with E-state index in [1.807, 2.05) is 17.8 Å². The highest BCUT2D eigenvalue weighted by Gasteiger charge is 2.28. The zero-order valence-corrected chi connectivity index (χ0v) is 14.3. The van der Waals surface area contributed by atoms with Crippen LogP contribution in [0.4, 0.5) is 5.13 Å². The Morgan fingerprint density at radius 3 is 3.04 bits per heavy atom.